The third-order valence-electron chi connectivity index (χ3n) is 3.81. The Morgan fingerprint density at radius 1 is 1.68 bits per heavy atom. The molecule has 2 N–H and O–H groups in total. The van der Waals surface area contributed by atoms with Gasteiger partial charge in [0.25, 0.3) is 0 Å². The molecule has 0 spiro atoms. The van der Waals surface area contributed by atoms with E-state index in [0.29, 0.717) is 12.5 Å². The SMILES string of the molecule is CCC(C)(NC(=O)CC1CCCN1)c1nc(C)cs1. The van der Waals surface area contributed by atoms with Gasteiger partial charge in [-0.1, -0.05) is 6.92 Å². The molecule has 2 atom stereocenters. The number of rotatable bonds is 5. The highest BCUT2D eigenvalue weighted by molar-refractivity contribution is 7.09. The first-order valence-corrected chi connectivity index (χ1v) is 7.88. The lowest BCUT2D eigenvalue weighted by Crippen LogP contribution is -2.44. The van der Waals surface area contributed by atoms with Gasteiger partial charge < -0.3 is 10.6 Å². The lowest BCUT2D eigenvalue weighted by atomic mass is 9.99. The molecule has 19 heavy (non-hydrogen) atoms. The van der Waals surface area contributed by atoms with Crippen LogP contribution in [0.25, 0.3) is 0 Å². The molecule has 106 valence electrons. The van der Waals surface area contributed by atoms with Crippen molar-refractivity contribution in [3.8, 4) is 0 Å². The summed E-state index contributed by atoms with van der Waals surface area (Å²) in [6.45, 7) is 7.17. The molecule has 0 aromatic carbocycles. The molecular formula is C14H23N3OS. The van der Waals surface area contributed by atoms with Gasteiger partial charge in [-0.25, -0.2) is 4.98 Å². The molecule has 2 heterocycles. The fourth-order valence-electron chi connectivity index (χ4n) is 2.41. The van der Waals surface area contributed by atoms with E-state index in [1.807, 2.05) is 12.3 Å². The Balaban J connectivity index is 1.99. The van der Waals surface area contributed by atoms with Crippen LogP contribution in [0.15, 0.2) is 5.38 Å². The molecule has 1 aliphatic rings. The maximum atomic E-state index is 12.2. The van der Waals surface area contributed by atoms with Gasteiger partial charge >= 0.3 is 0 Å². The minimum atomic E-state index is -0.339. The van der Waals surface area contributed by atoms with Gasteiger partial charge in [0.1, 0.15) is 5.01 Å². The van der Waals surface area contributed by atoms with Crippen LogP contribution >= 0.6 is 11.3 Å². The van der Waals surface area contributed by atoms with Crippen molar-refractivity contribution in [3.63, 3.8) is 0 Å². The van der Waals surface area contributed by atoms with E-state index in [0.717, 1.165) is 30.1 Å². The number of hydrogen-bond acceptors (Lipinski definition) is 4. The van der Waals surface area contributed by atoms with Crippen LogP contribution in [-0.4, -0.2) is 23.5 Å². The molecule has 1 aromatic heterocycles. The van der Waals surface area contributed by atoms with Gasteiger partial charge in [0.05, 0.1) is 5.54 Å². The van der Waals surface area contributed by atoms with Crippen molar-refractivity contribution in [2.75, 3.05) is 6.54 Å². The molecular weight excluding hydrogens is 258 g/mol. The first kappa shape index (κ1) is 14.5. The fraction of sp³-hybridized carbons (Fsp3) is 0.714. The van der Waals surface area contributed by atoms with Gasteiger partial charge in [-0.3, -0.25) is 4.79 Å². The predicted molar refractivity (Wildman–Crippen MR) is 78.3 cm³/mol. The maximum absolute atomic E-state index is 12.2. The van der Waals surface area contributed by atoms with E-state index in [1.54, 1.807) is 11.3 Å². The summed E-state index contributed by atoms with van der Waals surface area (Å²) in [6.07, 6.45) is 3.70. The number of carbonyl (C=O) groups is 1. The van der Waals surface area contributed by atoms with E-state index in [2.05, 4.69) is 29.5 Å². The number of amides is 1. The van der Waals surface area contributed by atoms with Crippen molar-refractivity contribution in [1.82, 2.24) is 15.6 Å². The highest BCUT2D eigenvalue weighted by Crippen LogP contribution is 2.27. The molecule has 4 nitrogen and oxygen atoms in total. The molecule has 1 fully saturated rings. The lowest BCUT2D eigenvalue weighted by molar-refractivity contribution is -0.123. The Kier molecular flexibility index (Phi) is 4.58. The van der Waals surface area contributed by atoms with E-state index in [9.17, 15) is 4.79 Å². The summed E-state index contributed by atoms with van der Waals surface area (Å²) < 4.78 is 0. The van der Waals surface area contributed by atoms with Crippen molar-refractivity contribution < 1.29 is 4.79 Å². The average molecular weight is 281 g/mol. The molecule has 0 bridgehead atoms. The van der Waals surface area contributed by atoms with Gasteiger partial charge in [0.15, 0.2) is 0 Å². The van der Waals surface area contributed by atoms with E-state index in [-0.39, 0.29) is 11.4 Å². The first-order valence-electron chi connectivity index (χ1n) is 7.00. The summed E-state index contributed by atoms with van der Waals surface area (Å²) >= 11 is 1.62. The second kappa shape index (κ2) is 6.01. The maximum Gasteiger partial charge on any atom is 0.222 e. The zero-order chi connectivity index (χ0) is 13.9. The highest BCUT2D eigenvalue weighted by atomic mass is 32.1. The molecule has 0 saturated carbocycles. The van der Waals surface area contributed by atoms with E-state index >= 15 is 0 Å². The zero-order valence-corrected chi connectivity index (χ0v) is 12.8. The van der Waals surface area contributed by atoms with Gasteiger partial charge in [0, 0.05) is 23.5 Å². The van der Waals surface area contributed by atoms with Crippen LogP contribution in [0.2, 0.25) is 0 Å². The highest BCUT2D eigenvalue weighted by Gasteiger charge is 2.30. The standard InChI is InChI=1S/C14H23N3OS/c1-4-14(3,13-16-10(2)9-19-13)17-12(18)8-11-6-5-7-15-11/h9,11,15H,4-8H2,1-3H3,(H,17,18). The van der Waals surface area contributed by atoms with Gasteiger partial charge in [-0.15, -0.1) is 11.3 Å². The van der Waals surface area contributed by atoms with Crippen LogP contribution in [0.1, 0.15) is 50.2 Å². The lowest BCUT2D eigenvalue weighted by Gasteiger charge is -2.28. The van der Waals surface area contributed by atoms with Crippen LogP contribution in [0.5, 0.6) is 0 Å². The fourth-order valence-corrected chi connectivity index (χ4v) is 3.40. The van der Waals surface area contributed by atoms with Crippen molar-refractivity contribution in [3.05, 3.63) is 16.1 Å². The van der Waals surface area contributed by atoms with Crippen molar-refractivity contribution >= 4 is 17.2 Å². The summed E-state index contributed by atoms with van der Waals surface area (Å²) in [6, 6.07) is 0.346. The molecule has 1 aromatic rings. The number of aryl methyl sites for hydroxylation is 1. The van der Waals surface area contributed by atoms with E-state index in [1.165, 1.54) is 6.42 Å². The third-order valence-corrected chi connectivity index (χ3v) is 5.03. The Hall–Kier alpha value is -0.940. The normalized spacial score (nSPS) is 22.2. The Labute approximate surface area is 119 Å². The van der Waals surface area contributed by atoms with Crippen molar-refractivity contribution in [2.45, 2.75) is 58.0 Å². The van der Waals surface area contributed by atoms with Crippen LogP contribution in [0.4, 0.5) is 0 Å². The second-order valence-corrected chi connectivity index (χ2v) is 6.38. The van der Waals surface area contributed by atoms with Crippen LogP contribution < -0.4 is 10.6 Å². The van der Waals surface area contributed by atoms with Crippen molar-refractivity contribution in [1.29, 1.82) is 0 Å². The number of carbonyl (C=O) groups excluding carboxylic acids is 1. The number of hydrogen-bond donors (Lipinski definition) is 2. The smallest absolute Gasteiger partial charge is 0.222 e. The summed E-state index contributed by atoms with van der Waals surface area (Å²) in [5, 5.41) is 9.57. The number of thiazole rings is 1. The molecule has 2 unspecified atom stereocenters. The van der Waals surface area contributed by atoms with Gasteiger partial charge in [0.2, 0.25) is 5.91 Å². The molecule has 0 radical (unpaired) electrons. The topological polar surface area (TPSA) is 54.0 Å². The number of nitrogens with zero attached hydrogens (tertiary/aromatic N) is 1. The minimum Gasteiger partial charge on any atom is -0.344 e. The van der Waals surface area contributed by atoms with Crippen molar-refractivity contribution in [2.24, 2.45) is 0 Å². The Morgan fingerprint density at radius 2 is 2.47 bits per heavy atom. The Morgan fingerprint density at radius 3 is 3.00 bits per heavy atom. The zero-order valence-electron chi connectivity index (χ0n) is 12.0. The number of nitrogens with one attached hydrogen (secondary N) is 2. The van der Waals surface area contributed by atoms with E-state index < -0.39 is 0 Å². The predicted octanol–water partition coefficient (Wildman–Crippen LogP) is 2.34. The van der Waals surface area contributed by atoms with E-state index in [4.69, 9.17) is 0 Å². The molecule has 1 aliphatic heterocycles. The molecule has 1 saturated heterocycles. The second-order valence-electron chi connectivity index (χ2n) is 5.53. The first-order chi connectivity index (χ1) is 9.03. The number of aromatic nitrogens is 1. The van der Waals surface area contributed by atoms with Crippen LogP contribution in [0.3, 0.4) is 0 Å². The average Bonchev–Trinajstić information content (AvgIpc) is 3.00. The summed E-state index contributed by atoms with van der Waals surface area (Å²) in [5.74, 6) is 0.122. The monoisotopic (exact) mass is 281 g/mol. The Bertz CT molecular complexity index is 440. The van der Waals surface area contributed by atoms with Gasteiger partial charge in [-0.2, -0.15) is 0 Å². The van der Waals surface area contributed by atoms with Gasteiger partial charge in [-0.05, 0) is 39.7 Å². The molecule has 2 rings (SSSR count). The largest absolute Gasteiger partial charge is 0.344 e. The molecule has 0 aliphatic carbocycles. The molecule has 5 heteroatoms. The molecule has 1 amide bonds. The van der Waals surface area contributed by atoms with Crippen LogP contribution in [0, 0.1) is 6.92 Å². The minimum absolute atomic E-state index is 0.122. The third kappa shape index (κ3) is 3.54. The quantitative estimate of drug-likeness (QED) is 0.871. The summed E-state index contributed by atoms with van der Waals surface area (Å²) in [5.41, 5.74) is 0.681. The summed E-state index contributed by atoms with van der Waals surface area (Å²) in [4.78, 5) is 16.7. The summed E-state index contributed by atoms with van der Waals surface area (Å²) in [7, 11) is 0. The van der Waals surface area contributed by atoms with Crippen LogP contribution in [-0.2, 0) is 10.3 Å².